The van der Waals surface area contributed by atoms with Crippen LogP contribution in [0.25, 0.3) is 10.2 Å². The third-order valence-corrected chi connectivity index (χ3v) is 8.33. The molecule has 3 aromatic rings. The first kappa shape index (κ1) is 28.7. The maximum atomic E-state index is 13.4. The first-order chi connectivity index (χ1) is 17.0. The number of rotatable bonds is 11. The number of thiazole rings is 1. The zero-order chi connectivity index (χ0) is 24.6. The van der Waals surface area contributed by atoms with Crippen molar-refractivity contribution < 1.29 is 18.7 Å². The van der Waals surface area contributed by atoms with Gasteiger partial charge in [0.25, 0.3) is 0 Å². The third kappa shape index (κ3) is 7.55. The average Bonchev–Trinajstić information content (AvgIpc) is 3.32. The zero-order valence-electron chi connectivity index (χ0n) is 20.7. The molecule has 2 heterocycles. The molecule has 0 atom stereocenters. The van der Waals surface area contributed by atoms with Gasteiger partial charge < -0.3 is 9.47 Å². The van der Waals surface area contributed by atoms with E-state index in [1.807, 2.05) is 17.0 Å². The van der Waals surface area contributed by atoms with Crippen molar-refractivity contribution in [1.29, 1.82) is 0 Å². The van der Waals surface area contributed by atoms with Gasteiger partial charge in [-0.25, -0.2) is 9.37 Å². The van der Waals surface area contributed by atoms with Crippen LogP contribution in [0, 0.1) is 12.7 Å². The monoisotopic (exact) mass is 553 g/mol. The number of hydrogen-bond donors (Lipinski definition) is 0. The molecule has 2 aromatic carbocycles. The highest BCUT2D eigenvalue weighted by molar-refractivity contribution is 7.99. The fourth-order valence-electron chi connectivity index (χ4n) is 4.06. The Morgan fingerprint density at radius 3 is 2.67 bits per heavy atom. The molecule has 0 N–H and O–H groups in total. The minimum atomic E-state index is -0.236. The van der Waals surface area contributed by atoms with Gasteiger partial charge in [0, 0.05) is 37.5 Å². The van der Waals surface area contributed by atoms with Crippen molar-refractivity contribution in [3.05, 3.63) is 47.8 Å². The number of morpholine rings is 1. The smallest absolute Gasteiger partial charge is 0.228 e. The number of nitrogens with zero attached hydrogens (tertiary/aromatic N) is 3. The standard InChI is InChI=1S/C26H32FN3O3S2.ClH/c1-19-6-11-22(32-2)24-25(19)35-26(28-24)30(13-4-12-29-14-16-33-17-15-29)23(31)5-3-18-34-21-9-7-20(27)8-10-21;/h6-11H,3-5,12-18H2,1-2H3;1H. The number of anilines is 1. The highest BCUT2D eigenvalue weighted by Gasteiger charge is 2.22. The molecule has 6 nitrogen and oxygen atoms in total. The average molecular weight is 554 g/mol. The number of halogens is 2. The van der Waals surface area contributed by atoms with Crippen molar-refractivity contribution in [3.63, 3.8) is 0 Å². The van der Waals surface area contributed by atoms with Gasteiger partial charge in [0.1, 0.15) is 17.1 Å². The SMILES string of the molecule is COc1ccc(C)c2sc(N(CCCN3CCOCC3)C(=O)CCCSc3ccc(F)cc3)nc12.Cl. The summed E-state index contributed by atoms with van der Waals surface area (Å²) in [5.74, 6) is 1.37. The normalized spacial score (nSPS) is 14.0. The molecule has 1 fully saturated rings. The molecule has 0 radical (unpaired) electrons. The summed E-state index contributed by atoms with van der Waals surface area (Å²) in [6, 6.07) is 10.4. The largest absolute Gasteiger partial charge is 0.494 e. The van der Waals surface area contributed by atoms with Crippen molar-refractivity contribution in [2.24, 2.45) is 0 Å². The molecule has 1 aliphatic rings. The van der Waals surface area contributed by atoms with Crippen LogP contribution in [0.3, 0.4) is 0 Å². The summed E-state index contributed by atoms with van der Waals surface area (Å²) < 4.78 is 25.1. The van der Waals surface area contributed by atoms with Crippen molar-refractivity contribution in [3.8, 4) is 5.75 Å². The van der Waals surface area contributed by atoms with E-state index in [2.05, 4.69) is 11.8 Å². The Hall–Kier alpha value is -1.91. The van der Waals surface area contributed by atoms with E-state index >= 15 is 0 Å². The molecule has 0 saturated carbocycles. The minimum absolute atomic E-state index is 0. The molecule has 1 aliphatic heterocycles. The molecule has 0 unspecified atom stereocenters. The van der Waals surface area contributed by atoms with Crippen molar-refractivity contribution >= 4 is 56.8 Å². The first-order valence-corrected chi connectivity index (χ1v) is 13.8. The lowest BCUT2D eigenvalue weighted by Crippen LogP contribution is -2.39. The molecule has 1 saturated heterocycles. The fourth-order valence-corrected chi connectivity index (χ4v) is 6.01. The maximum absolute atomic E-state index is 13.4. The van der Waals surface area contributed by atoms with Gasteiger partial charge in [-0.05, 0) is 61.4 Å². The summed E-state index contributed by atoms with van der Waals surface area (Å²) in [6.07, 6.45) is 2.06. The van der Waals surface area contributed by atoms with E-state index in [4.69, 9.17) is 14.5 Å². The predicted molar refractivity (Wildman–Crippen MR) is 149 cm³/mol. The second kappa shape index (κ2) is 14.1. The Kier molecular flexibility index (Phi) is 11.3. The highest BCUT2D eigenvalue weighted by Crippen LogP contribution is 2.36. The summed E-state index contributed by atoms with van der Waals surface area (Å²) >= 11 is 3.19. The van der Waals surface area contributed by atoms with Crippen LogP contribution in [0.15, 0.2) is 41.3 Å². The van der Waals surface area contributed by atoms with Gasteiger partial charge in [0.2, 0.25) is 5.91 Å². The number of methoxy groups -OCH3 is 1. The number of ether oxygens (including phenoxy) is 2. The number of carbonyl (C=O) groups is 1. The Morgan fingerprint density at radius 2 is 1.94 bits per heavy atom. The van der Waals surface area contributed by atoms with Crippen LogP contribution in [0.1, 0.15) is 24.8 Å². The Labute approximate surface area is 226 Å². The number of benzene rings is 2. The number of aromatic nitrogens is 1. The molecular formula is C26H33ClFN3O3S2. The topological polar surface area (TPSA) is 54.9 Å². The lowest BCUT2D eigenvalue weighted by molar-refractivity contribution is -0.118. The molecule has 1 aromatic heterocycles. The molecule has 196 valence electrons. The summed E-state index contributed by atoms with van der Waals surface area (Å²) in [6.45, 7) is 7.03. The van der Waals surface area contributed by atoms with Crippen LogP contribution in [0.2, 0.25) is 0 Å². The predicted octanol–water partition coefficient (Wildman–Crippen LogP) is 5.80. The Bertz CT molecular complexity index is 1120. The summed E-state index contributed by atoms with van der Waals surface area (Å²) in [7, 11) is 1.65. The third-order valence-electron chi connectivity index (χ3n) is 6.02. The minimum Gasteiger partial charge on any atom is -0.494 e. The summed E-state index contributed by atoms with van der Waals surface area (Å²) in [4.78, 5) is 23.5. The fraction of sp³-hybridized carbons (Fsp3) is 0.462. The number of aryl methyl sites for hydroxylation is 1. The molecule has 0 spiro atoms. The number of carbonyl (C=O) groups excluding carboxylic acids is 1. The summed E-state index contributed by atoms with van der Waals surface area (Å²) in [5, 5.41) is 0.728. The van der Waals surface area contributed by atoms with Gasteiger partial charge in [-0.15, -0.1) is 24.2 Å². The van der Waals surface area contributed by atoms with Crippen LogP contribution in [0.5, 0.6) is 5.75 Å². The van der Waals surface area contributed by atoms with Crippen LogP contribution < -0.4 is 9.64 Å². The van der Waals surface area contributed by atoms with Crippen LogP contribution in [0.4, 0.5) is 9.52 Å². The lowest BCUT2D eigenvalue weighted by atomic mass is 10.2. The lowest BCUT2D eigenvalue weighted by Gasteiger charge is -2.27. The second-order valence-electron chi connectivity index (χ2n) is 8.52. The number of amides is 1. The number of fused-ring (bicyclic) bond motifs is 1. The summed E-state index contributed by atoms with van der Waals surface area (Å²) in [5.41, 5.74) is 1.94. The van der Waals surface area contributed by atoms with E-state index in [0.717, 1.165) is 83.0 Å². The number of thioether (sulfide) groups is 1. The second-order valence-corrected chi connectivity index (χ2v) is 10.7. The van der Waals surface area contributed by atoms with E-state index in [-0.39, 0.29) is 24.1 Å². The van der Waals surface area contributed by atoms with Crippen molar-refractivity contribution in [2.75, 3.05) is 57.2 Å². The van der Waals surface area contributed by atoms with Gasteiger partial charge >= 0.3 is 0 Å². The molecule has 1 amide bonds. The first-order valence-electron chi connectivity index (χ1n) is 12.0. The Morgan fingerprint density at radius 1 is 1.19 bits per heavy atom. The molecule has 10 heteroatoms. The van der Waals surface area contributed by atoms with E-state index in [1.54, 1.807) is 42.3 Å². The molecular weight excluding hydrogens is 521 g/mol. The van der Waals surface area contributed by atoms with Crippen molar-refractivity contribution in [2.45, 2.75) is 31.1 Å². The maximum Gasteiger partial charge on any atom is 0.228 e. The van der Waals surface area contributed by atoms with Gasteiger partial charge in [0.05, 0.1) is 25.0 Å². The van der Waals surface area contributed by atoms with Gasteiger partial charge in [0.15, 0.2) is 5.13 Å². The molecule has 36 heavy (non-hydrogen) atoms. The highest BCUT2D eigenvalue weighted by atomic mass is 35.5. The van der Waals surface area contributed by atoms with Gasteiger partial charge in [-0.1, -0.05) is 17.4 Å². The van der Waals surface area contributed by atoms with Crippen LogP contribution in [-0.2, 0) is 9.53 Å². The van der Waals surface area contributed by atoms with Crippen molar-refractivity contribution in [1.82, 2.24) is 9.88 Å². The van der Waals surface area contributed by atoms with Gasteiger partial charge in [-0.3, -0.25) is 14.6 Å². The number of hydrogen-bond acceptors (Lipinski definition) is 7. The molecule has 0 bridgehead atoms. The van der Waals surface area contributed by atoms with E-state index in [9.17, 15) is 9.18 Å². The molecule has 0 aliphatic carbocycles. The van der Waals surface area contributed by atoms with Gasteiger partial charge in [-0.2, -0.15) is 0 Å². The quantitative estimate of drug-likeness (QED) is 0.221. The molecule has 4 rings (SSSR count). The van der Waals surface area contributed by atoms with E-state index < -0.39 is 0 Å². The van der Waals surface area contributed by atoms with Crippen LogP contribution >= 0.6 is 35.5 Å². The van der Waals surface area contributed by atoms with E-state index in [1.165, 1.54) is 12.1 Å². The van der Waals surface area contributed by atoms with Crippen LogP contribution in [-0.4, -0.2) is 68.0 Å². The Balaban J connectivity index is 0.00000361. The zero-order valence-corrected chi connectivity index (χ0v) is 23.2. The van der Waals surface area contributed by atoms with E-state index in [0.29, 0.717) is 13.0 Å².